The summed E-state index contributed by atoms with van der Waals surface area (Å²) in [7, 11) is -3.82. The lowest BCUT2D eigenvalue weighted by molar-refractivity contribution is 0.0682. The number of aryl methyl sites for hydroxylation is 2. The van der Waals surface area contributed by atoms with Gasteiger partial charge in [-0.2, -0.15) is 0 Å². The summed E-state index contributed by atoms with van der Waals surface area (Å²) in [5.41, 5.74) is 2.10. The molecule has 2 aromatic rings. The summed E-state index contributed by atoms with van der Waals surface area (Å²) in [6, 6.07) is 10.1. The minimum Gasteiger partial charge on any atom is -0.334 e. The number of carbonyl (C=O) groups is 1. The lowest BCUT2D eigenvalue weighted by atomic mass is 10.1. The molecule has 1 unspecified atom stereocenters. The van der Waals surface area contributed by atoms with E-state index in [2.05, 4.69) is 17.0 Å². The number of hydrogen-bond acceptors (Lipinski definition) is 4. The highest BCUT2D eigenvalue weighted by Gasteiger charge is 2.26. The van der Waals surface area contributed by atoms with Crippen molar-refractivity contribution in [2.24, 2.45) is 0 Å². The van der Waals surface area contributed by atoms with E-state index in [-0.39, 0.29) is 16.8 Å². The lowest BCUT2D eigenvalue weighted by Crippen LogP contribution is -2.43. The van der Waals surface area contributed by atoms with Gasteiger partial charge in [-0.05, 0) is 74.7 Å². The Labute approximate surface area is 196 Å². The third kappa shape index (κ3) is 5.82. The first kappa shape index (κ1) is 24.6. The molecule has 1 atom stereocenters. The van der Waals surface area contributed by atoms with Crippen LogP contribution in [0.1, 0.15) is 54.1 Å². The number of nitrogens with one attached hydrogen (secondary N) is 2. The van der Waals surface area contributed by atoms with Crippen molar-refractivity contribution in [2.75, 3.05) is 24.4 Å². The molecular formula is C24H32ClN3O3S. The third-order valence-corrected chi connectivity index (χ3v) is 7.76. The van der Waals surface area contributed by atoms with Gasteiger partial charge in [0.05, 0.1) is 4.90 Å². The molecule has 0 radical (unpaired) electrons. The van der Waals surface area contributed by atoms with Crippen molar-refractivity contribution >= 4 is 33.2 Å². The number of sulfonamides is 1. The Balaban J connectivity index is 1.84. The first-order chi connectivity index (χ1) is 15.2. The predicted molar refractivity (Wildman–Crippen MR) is 130 cm³/mol. The first-order valence-electron chi connectivity index (χ1n) is 11.1. The predicted octanol–water partition coefficient (Wildman–Crippen LogP) is 4.75. The van der Waals surface area contributed by atoms with Crippen molar-refractivity contribution in [3.8, 4) is 0 Å². The highest BCUT2D eigenvalue weighted by Crippen LogP contribution is 2.26. The van der Waals surface area contributed by atoms with Crippen molar-refractivity contribution in [3.05, 3.63) is 58.1 Å². The molecule has 32 heavy (non-hydrogen) atoms. The molecule has 0 aromatic heterocycles. The summed E-state index contributed by atoms with van der Waals surface area (Å²) in [5, 5.41) is 3.95. The molecule has 1 amide bonds. The van der Waals surface area contributed by atoms with Gasteiger partial charge in [-0.25, -0.2) is 8.42 Å². The van der Waals surface area contributed by atoms with Gasteiger partial charge in [0.15, 0.2) is 0 Å². The second kappa shape index (κ2) is 10.7. The van der Waals surface area contributed by atoms with Crippen LogP contribution in [0.15, 0.2) is 41.3 Å². The minimum absolute atomic E-state index is 0.0608. The molecule has 8 heteroatoms. The highest BCUT2D eigenvalue weighted by atomic mass is 35.5. The zero-order valence-electron chi connectivity index (χ0n) is 18.9. The van der Waals surface area contributed by atoms with Crippen LogP contribution < -0.4 is 10.0 Å². The Morgan fingerprint density at radius 3 is 2.75 bits per heavy atom. The van der Waals surface area contributed by atoms with Crippen LogP contribution in [-0.4, -0.2) is 44.9 Å². The molecule has 174 valence electrons. The summed E-state index contributed by atoms with van der Waals surface area (Å²) < 4.78 is 28.7. The number of anilines is 1. The van der Waals surface area contributed by atoms with Crippen LogP contribution in [0.2, 0.25) is 5.02 Å². The molecule has 3 rings (SSSR count). The number of hydrogen-bond donors (Lipinski definition) is 2. The lowest BCUT2D eigenvalue weighted by Gasteiger charge is -2.30. The number of benzene rings is 2. The quantitative estimate of drug-likeness (QED) is 0.603. The van der Waals surface area contributed by atoms with Gasteiger partial charge in [0.2, 0.25) is 0 Å². The molecule has 0 spiro atoms. The zero-order chi connectivity index (χ0) is 23.3. The molecular weight excluding hydrogens is 446 g/mol. The van der Waals surface area contributed by atoms with E-state index in [4.69, 9.17) is 11.6 Å². The topological polar surface area (TPSA) is 78.5 Å². The standard InChI is InChI=1S/C24H32ClN3O3S/c1-4-5-10-21-16-26-11-7-12-28(21)24(29)19-8-6-9-20(15-19)27-32(30,31)23-14-17(2)22(25)13-18(23)3/h6,8-9,13-15,21,26-27H,4-5,7,10-12,16H2,1-3H3. The van der Waals surface area contributed by atoms with Crippen molar-refractivity contribution in [2.45, 2.75) is 57.4 Å². The Morgan fingerprint density at radius 2 is 2.00 bits per heavy atom. The van der Waals surface area contributed by atoms with E-state index >= 15 is 0 Å². The van der Waals surface area contributed by atoms with Gasteiger partial charge in [-0.15, -0.1) is 0 Å². The molecule has 6 nitrogen and oxygen atoms in total. The smallest absolute Gasteiger partial charge is 0.262 e. The number of rotatable bonds is 7. The first-order valence-corrected chi connectivity index (χ1v) is 13.0. The van der Waals surface area contributed by atoms with Crippen LogP contribution in [0.4, 0.5) is 5.69 Å². The van der Waals surface area contributed by atoms with Crippen LogP contribution in [0.5, 0.6) is 0 Å². The SMILES string of the molecule is CCCCC1CNCCCN1C(=O)c1cccc(NS(=O)(=O)c2cc(C)c(Cl)cc2C)c1. The van der Waals surface area contributed by atoms with Crippen LogP contribution in [0.25, 0.3) is 0 Å². The second-order valence-electron chi connectivity index (χ2n) is 8.41. The number of carbonyl (C=O) groups excluding carboxylic acids is 1. The summed E-state index contributed by atoms with van der Waals surface area (Å²) in [5.74, 6) is -0.0608. The Kier molecular flexibility index (Phi) is 8.20. The van der Waals surface area contributed by atoms with Crippen molar-refractivity contribution < 1.29 is 13.2 Å². The maximum Gasteiger partial charge on any atom is 0.262 e. The fraction of sp³-hybridized carbons (Fsp3) is 0.458. The van der Waals surface area contributed by atoms with E-state index in [0.717, 1.165) is 38.8 Å². The van der Waals surface area contributed by atoms with Gasteiger partial charge in [-0.1, -0.05) is 37.4 Å². The van der Waals surface area contributed by atoms with Crippen LogP contribution in [-0.2, 0) is 10.0 Å². The fourth-order valence-electron chi connectivity index (χ4n) is 4.04. The Morgan fingerprint density at radius 1 is 1.22 bits per heavy atom. The number of amides is 1. The summed E-state index contributed by atoms with van der Waals surface area (Å²) in [6.07, 6.45) is 4.00. The molecule has 2 aromatic carbocycles. The molecule has 1 aliphatic heterocycles. The Hall–Kier alpha value is -2.09. The van der Waals surface area contributed by atoms with Crippen molar-refractivity contribution in [1.29, 1.82) is 0 Å². The maximum atomic E-state index is 13.4. The number of unbranched alkanes of at least 4 members (excludes halogenated alkanes) is 1. The van der Waals surface area contributed by atoms with Gasteiger partial charge in [0, 0.05) is 35.4 Å². The maximum absolute atomic E-state index is 13.4. The van der Waals surface area contributed by atoms with E-state index < -0.39 is 10.0 Å². The van der Waals surface area contributed by atoms with E-state index in [1.165, 1.54) is 0 Å². The molecule has 0 aliphatic carbocycles. The summed E-state index contributed by atoms with van der Waals surface area (Å²) >= 11 is 6.12. The Bertz CT molecular complexity index is 1070. The van der Waals surface area contributed by atoms with Gasteiger partial charge < -0.3 is 10.2 Å². The van der Waals surface area contributed by atoms with E-state index in [1.807, 2.05) is 4.90 Å². The van der Waals surface area contributed by atoms with Crippen LogP contribution in [0, 0.1) is 13.8 Å². The number of halogens is 1. The molecule has 1 aliphatic rings. The summed E-state index contributed by atoms with van der Waals surface area (Å²) in [4.78, 5) is 15.5. The summed E-state index contributed by atoms with van der Waals surface area (Å²) in [6.45, 7) is 8.00. The van der Waals surface area contributed by atoms with Crippen LogP contribution >= 0.6 is 11.6 Å². The van der Waals surface area contributed by atoms with Gasteiger partial charge >= 0.3 is 0 Å². The average molecular weight is 478 g/mol. The molecule has 1 heterocycles. The van der Waals surface area contributed by atoms with E-state index in [9.17, 15) is 13.2 Å². The highest BCUT2D eigenvalue weighted by molar-refractivity contribution is 7.92. The van der Waals surface area contributed by atoms with E-state index in [0.29, 0.717) is 33.9 Å². The molecule has 0 bridgehead atoms. The second-order valence-corrected chi connectivity index (χ2v) is 10.5. The number of nitrogens with zero attached hydrogens (tertiary/aromatic N) is 1. The molecule has 1 fully saturated rings. The van der Waals surface area contributed by atoms with Crippen molar-refractivity contribution in [3.63, 3.8) is 0 Å². The third-order valence-electron chi connectivity index (χ3n) is 5.83. The van der Waals surface area contributed by atoms with Gasteiger partial charge in [0.25, 0.3) is 15.9 Å². The van der Waals surface area contributed by atoms with Crippen molar-refractivity contribution in [1.82, 2.24) is 10.2 Å². The van der Waals surface area contributed by atoms with Gasteiger partial charge in [0.1, 0.15) is 0 Å². The molecule has 2 N–H and O–H groups in total. The fourth-order valence-corrected chi connectivity index (χ4v) is 5.62. The molecule has 1 saturated heterocycles. The minimum atomic E-state index is -3.82. The van der Waals surface area contributed by atoms with Crippen LogP contribution in [0.3, 0.4) is 0 Å². The zero-order valence-corrected chi connectivity index (χ0v) is 20.5. The average Bonchev–Trinajstić information content (AvgIpc) is 2.99. The monoisotopic (exact) mass is 477 g/mol. The molecule has 0 saturated carbocycles. The van der Waals surface area contributed by atoms with E-state index in [1.54, 1.807) is 50.2 Å². The normalized spacial score (nSPS) is 17.1. The largest absolute Gasteiger partial charge is 0.334 e. The van der Waals surface area contributed by atoms with Gasteiger partial charge in [-0.3, -0.25) is 9.52 Å².